The summed E-state index contributed by atoms with van der Waals surface area (Å²) in [5.74, 6) is 0.416. The van der Waals surface area contributed by atoms with E-state index in [2.05, 4.69) is 29.5 Å². The summed E-state index contributed by atoms with van der Waals surface area (Å²) in [7, 11) is 0. The predicted molar refractivity (Wildman–Crippen MR) is 76.4 cm³/mol. The number of nitrogens with zero attached hydrogens (tertiary/aromatic N) is 2. The Morgan fingerprint density at radius 3 is 3.10 bits per heavy atom. The van der Waals surface area contributed by atoms with Crippen LogP contribution in [0.4, 0.5) is 0 Å². The Balaban J connectivity index is 1.99. The maximum Gasteiger partial charge on any atom is 0.257 e. The van der Waals surface area contributed by atoms with Gasteiger partial charge in [0.2, 0.25) is 5.91 Å². The van der Waals surface area contributed by atoms with Gasteiger partial charge in [0.25, 0.3) is 5.56 Å². The molecule has 2 heterocycles. The molecule has 2 N–H and O–H groups in total. The van der Waals surface area contributed by atoms with Gasteiger partial charge in [0, 0.05) is 18.7 Å². The van der Waals surface area contributed by atoms with Crippen molar-refractivity contribution in [1.29, 1.82) is 0 Å². The fraction of sp³-hybridized carbons (Fsp3) is 0.643. The zero-order valence-corrected chi connectivity index (χ0v) is 12.1. The van der Waals surface area contributed by atoms with E-state index >= 15 is 0 Å². The molecule has 0 saturated heterocycles. The minimum Gasteiger partial charge on any atom is -0.355 e. The molecule has 6 heteroatoms. The SMILES string of the molecule is CC(C)CCNC(=O)Cn1cnc2c(c1=O)CCNC2. The van der Waals surface area contributed by atoms with Crippen LogP contribution in [0.2, 0.25) is 0 Å². The highest BCUT2D eigenvalue weighted by atomic mass is 16.2. The fourth-order valence-electron chi connectivity index (χ4n) is 2.21. The van der Waals surface area contributed by atoms with E-state index < -0.39 is 0 Å². The van der Waals surface area contributed by atoms with Crippen molar-refractivity contribution in [3.8, 4) is 0 Å². The van der Waals surface area contributed by atoms with Crippen LogP contribution < -0.4 is 16.2 Å². The fourth-order valence-corrected chi connectivity index (χ4v) is 2.21. The first-order valence-corrected chi connectivity index (χ1v) is 7.12. The third kappa shape index (κ3) is 3.66. The minimum absolute atomic E-state index is 0.0463. The van der Waals surface area contributed by atoms with Gasteiger partial charge in [0.05, 0.1) is 12.0 Å². The summed E-state index contributed by atoms with van der Waals surface area (Å²) in [5, 5.41) is 6.01. The molecule has 0 fully saturated rings. The smallest absolute Gasteiger partial charge is 0.257 e. The second-order valence-electron chi connectivity index (χ2n) is 5.56. The van der Waals surface area contributed by atoms with E-state index in [0.717, 1.165) is 24.2 Å². The molecule has 1 aromatic rings. The van der Waals surface area contributed by atoms with Gasteiger partial charge in [-0.3, -0.25) is 14.2 Å². The summed E-state index contributed by atoms with van der Waals surface area (Å²) in [6.45, 7) is 6.33. The number of fused-ring (bicyclic) bond motifs is 1. The number of carbonyl (C=O) groups is 1. The summed E-state index contributed by atoms with van der Waals surface area (Å²) in [4.78, 5) is 28.3. The Kier molecular flexibility index (Phi) is 4.89. The molecule has 2 rings (SSSR count). The molecule has 0 aromatic carbocycles. The molecule has 6 nitrogen and oxygen atoms in total. The van der Waals surface area contributed by atoms with E-state index in [9.17, 15) is 9.59 Å². The van der Waals surface area contributed by atoms with Crippen LogP contribution in [0.1, 0.15) is 31.5 Å². The van der Waals surface area contributed by atoms with Gasteiger partial charge >= 0.3 is 0 Å². The monoisotopic (exact) mass is 278 g/mol. The van der Waals surface area contributed by atoms with Gasteiger partial charge < -0.3 is 10.6 Å². The lowest BCUT2D eigenvalue weighted by atomic mass is 10.1. The summed E-state index contributed by atoms with van der Waals surface area (Å²) in [5.41, 5.74) is 1.45. The van der Waals surface area contributed by atoms with Gasteiger partial charge in [-0.1, -0.05) is 13.8 Å². The molecule has 0 spiro atoms. The van der Waals surface area contributed by atoms with E-state index in [1.165, 1.54) is 10.9 Å². The topological polar surface area (TPSA) is 76.0 Å². The molecule has 0 unspecified atom stereocenters. The molecule has 1 aliphatic rings. The molecule has 0 bridgehead atoms. The Bertz CT molecular complexity index is 536. The van der Waals surface area contributed by atoms with Crippen LogP contribution >= 0.6 is 0 Å². The van der Waals surface area contributed by atoms with Gasteiger partial charge in [-0.15, -0.1) is 0 Å². The Labute approximate surface area is 118 Å². The van der Waals surface area contributed by atoms with Gasteiger partial charge in [0.15, 0.2) is 0 Å². The lowest BCUT2D eigenvalue weighted by Crippen LogP contribution is -2.37. The summed E-state index contributed by atoms with van der Waals surface area (Å²) in [6.07, 6.45) is 3.09. The number of carbonyl (C=O) groups excluding carboxylic acids is 1. The molecule has 110 valence electrons. The molecule has 0 radical (unpaired) electrons. The molecule has 20 heavy (non-hydrogen) atoms. The van der Waals surface area contributed by atoms with Crippen molar-refractivity contribution in [2.45, 2.75) is 39.8 Å². The van der Waals surface area contributed by atoms with Gasteiger partial charge in [-0.05, 0) is 25.3 Å². The third-order valence-corrected chi connectivity index (χ3v) is 3.42. The zero-order chi connectivity index (χ0) is 14.5. The lowest BCUT2D eigenvalue weighted by Gasteiger charge is -2.16. The minimum atomic E-state index is -0.136. The van der Waals surface area contributed by atoms with Crippen molar-refractivity contribution < 1.29 is 4.79 Å². The Hall–Kier alpha value is -1.69. The van der Waals surface area contributed by atoms with Gasteiger partial charge in [0.1, 0.15) is 6.54 Å². The molecular weight excluding hydrogens is 256 g/mol. The molecular formula is C14H22N4O2. The first-order valence-electron chi connectivity index (χ1n) is 7.12. The van der Waals surface area contributed by atoms with Gasteiger partial charge in [-0.25, -0.2) is 4.98 Å². The van der Waals surface area contributed by atoms with Crippen molar-refractivity contribution in [2.24, 2.45) is 5.92 Å². The van der Waals surface area contributed by atoms with Crippen molar-refractivity contribution in [2.75, 3.05) is 13.1 Å². The zero-order valence-electron chi connectivity index (χ0n) is 12.1. The van der Waals surface area contributed by atoms with Crippen LogP contribution in [-0.2, 0) is 24.3 Å². The van der Waals surface area contributed by atoms with Crippen LogP contribution in [0.25, 0.3) is 0 Å². The molecule has 0 atom stereocenters. The standard InChI is InChI=1S/C14H22N4O2/c1-10(2)3-6-16-13(19)8-18-9-17-12-7-15-5-4-11(12)14(18)20/h9-10,15H,3-8H2,1-2H3,(H,16,19). The Morgan fingerprint density at radius 1 is 1.55 bits per heavy atom. The van der Waals surface area contributed by atoms with E-state index in [-0.39, 0.29) is 18.0 Å². The highest BCUT2D eigenvalue weighted by Gasteiger charge is 2.16. The van der Waals surface area contributed by atoms with Crippen LogP contribution in [0.15, 0.2) is 11.1 Å². The van der Waals surface area contributed by atoms with Crippen LogP contribution in [0.5, 0.6) is 0 Å². The van der Waals surface area contributed by atoms with Gasteiger partial charge in [-0.2, -0.15) is 0 Å². The number of rotatable bonds is 5. The number of nitrogens with one attached hydrogen (secondary N) is 2. The van der Waals surface area contributed by atoms with E-state index in [1.807, 2.05) is 0 Å². The molecule has 1 amide bonds. The highest BCUT2D eigenvalue weighted by Crippen LogP contribution is 2.05. The highest BCUT2D eigenvalue weighted by molar-refractivity contribution is 5.75. The lowest BCUT2D eigenvalue weighted by molar-refractivity contribution is -0.121. The maximum absolute atomic E-state index is 12.2. The molecule has 1 aromatic heterocycles. The van der Waals surface area contributed by atoms with E-state index in [4.69, 9.17) is 0 Å². The second kappa shape index (κ2) is 6.65. The molecule has 1 aliphatic heterocycles. The van der Waals surface area contributed by atoms with Crippen molar-refractivity contribution >= 4 is 5.91 Å². The quantitative estimate of drug-likeness (QED) is 0.798. The number of hydrogen-bond donors (Lipinski definition) is 2. The maximum atomic E-state index is 12.2. The van der Waals surface area contributed by atoms with Crippen LogP contribution in [0, 0.1) is 5.92 Å². The normalized spacial score (nSPS) is 14.2. The van der Waals surface area contributed by atoms with E-state index in [1.54, 1.807) is 0 Å². The number of amides is 1. The van der Waals surface area contributed by atoms with Crippen molar-refractivity contribution in [3.05, 3.63) is 27.9 Å². The average molecular weight is 278 g/mol. The average Bonchev–Trinajstić information content (AvgIpc) is 2.42. The molecule has 0 aliphatic carbocycles. The van der Waals surface area contributed by atoms with Crippen molar-refractivity contribution in [1.82, 2.24) is 20.2 Å². The largest absolute Gasteiger partial charge is 0.355 e. The second-order valence-corrected chi connectivity index (χ2v) is 5.56. The van der Waals surface area contributed by atoms with Crippen LogP contribution in [0.3, 0.4) is 0 Å². The first kappa shape index (κ1) is 14.7. The van der Waals surface area contributed by atoms with Crippen LogP contribution in [-0.4, -0.2) is 28.5 Å². The Morgan fingerprint density at radius 2 is 2.35 bits per heavy atom. The predicted octanol–water partition coefficient (Wildman–Crippen LogP) is 0.0513. The number of hydrogen-bond acceptors (Lipinski definition) is 4. The summed E-state index contributed by atoms with van der Waals surface area (Å²) < 4.78 is 1.40. The summed E-state index contributed by atoms with van der Waals surface area (Å²) >= 11 is 0. The third-order valence-electron chi connectivity index (χ3n) is 3.42. The first-order chi connectivity index (χ1) is 9.58. The summed E-state index contributed by atoms with van der Waals surface area (Å²) in [6, 6.07) is 0. The number of aromatic nitrogens is 2. The van der Waals surface area contributed by atoms with Crippen molar-refractivity contribution in [3.63, 3.8) is 0 Å². The molecule has 0 saturated carbocycles. The van der Waals surface area contributed by atoms with E-state index in [0.29, 0.717) is 25.4 Å².